The van der Waals surface area contributed by atoms with Crippen molar-refractivity contribution in [2.45, 2.75) is 12.5 Å². The van der Waals surface area contributed by atoms with E-state index in [9.17, 15) is 14.7 Å². The number of likely N-dealkylation sites (tertiary alicyclic amines) is 1. The maximum Gasteiger partial charge on any atom is 0.407 e. The Morgan fingerprint density at radius 1 is 1.00 bits per heavy atom. The van der Waals surface area contributed by atoms with E-state index in [4.69, 9.17) is 0 Å². The molecule has 1 amide bonds. The molecule has 1 atom stereocenters. The van der Waals surface area contributed by atoms with E-state index in [1.54, 1.807) is 33.8 Å². The third-order valence-electron chi connectivity index (χ3n) is 5.57. The topological polar surface area (TPSA) is 93.2 Å². The van der Waals surface area contributed by atoms with E-state index in [1.165, 1.54) is 4.90 Å². The molecule has 8 nitrogen and oxygen atoms in total. The first-order chi connectivity index (χ1) is 14.6. The Labute approximate surface area is 171 Å². The second-order valence-corrected chi connectivity index (χ2v) is 7.29. The van der Waals surface area contributed by atoms with Crippen LogP contribution in [0, 0.1) is 0 Å². The summed E-state index contributed by atoms with van der Waals surface area (Å²) in [7, 11) is 0. The largest absolute Gasteiger partial charge is 0.465 e. The number of pyridine rings is 2. The van der Waals surface area contributed by atoms with Gasteiger partial charge in [-0.1, -0.05) is 12.1 Å². The van der Waals surface area contributed by atoms with Gasteiger partial charge in [-0.15, -0.1) is 0 Å². The van der Waals surface area contributed by atoms with Gasteiger partial charge >= 0.3 is 11.8 Å². The third kappa shape index (κ3) is 2.93. The van der Waals surface area contributed by atoms with Crippen molar-refractivity contribution >= 4 is 17.3 Å². The number of imidazole rings is 1. The normalized spacial score (nSPS) is 16.3. The lowest BCUT2D eigenvalue weighted by Gasteiger charge is -2.13. The van der Waals surface area contributed by atoms with Gasteiger partial charge in [-0.25, -0.2) is 14.6 Å². The number of benzene rings is 1. The maximum absolute atomic E-state index is 13.4. The highest BCUT2D eigenvalue weighted by atomic mass is 16.4. The molecular weight excluding hydrogens is 382 g/mol. The lowest BCUT2D eigenvalue weighted by atomic mass is 10.1. The Morgan fingerprint density at radius 2 is 1.73 bits per heavy atom. The van der Waals surface area contributed by atoms with Crippen molar-refractivity contribution in [1.29, 1.82) is 0 Å². The lowest BCUT2D eigenvalue weighted by Crippen LogP contribution is -2.31. The lowest BCUT2D eigenvalue weighted by molar-refractivity contribution is 0.154. The zero-order chi connectivity index (χ0) is 20.7. The van der Waals surface area contributed by atoms with Crippen LogP contribution in [-0.2, 0) is 0 Å². The SMILES string of the molecule is O=C(O)N1CCC(n2c(=O)n(-c3ccc(-c4ccncc4)cc3)c3cccnc32)C1. The van der Waals surface area contributed by atoms with Gasteiger partial charge in [0.05, 0.1) is 17.2 Å². The zero-order valence-electron chi connectivity index (χ0n) is 16.0. The van der Waals surface area contributed by atoms with Gasteiger partial charge in [0.1, 0.15) is 0 Å². The van der Waals surface area contributed by atoms with Crippen molar-refractivity contribution in [3.05, 3.63) is 77.6 Å². The van der Waals surface area contributed by atoms with Crippen molar-refractivity contribution in [3.8, 4) is 16.8 Å². The Bertz CT molecular complexity index is 1280. The zero-order valence-corrected chi connectivity index (χ0v) is 16.0. The number of hydrogen-bond acceptors (Lipinski definition) is 4. The molecule has 0 radical (unpaired) electrons. The van der Waals surface area contributed by atoms with Crippen LogP contribution < -0.4 is 5.69 Å². The van der Waals surface area contributed by atoms with Gasteiger partial charge < -0.3 is 10.0 Å². The maximum atomic E-state index is 13.4. The van der Waals surface area contributed by atoms with Crippen LogP contribution in [0.4, 0.5) is 4.79 Å². The fraction of sp³-hybridized carbons (Fsp3) is 0.182. The predicted octanol–water partition coefficient (Wildman–Crippen LogP) is 3.17. The number of carboxylic acid groups (broad SMARTS) is 1. The molecule has 0 aliphatic carbocycles. The van der Waals surface area contributed by atoms with Crippen molar-refractivity contribution in [1.82, 2.24) is 24.0 Å². The monoisotopic (exact) mass is 401 g/mol. The van der Waals surface area contributed by atoms with Gasteiger partial charge in [-0.05, 0) is 53.9 Å². The predicted molar refractivity (Wildman–Crippen MR) is 112 cm³/mol. The van der Waals surface area contributed by atoms with E-state index in [0.717, 1.165) is 16.8 Å². The third-order valence-corrected chi connectivity index (χ3v) is 5.57. The molecule has 1 aliphatic rings. The quantitative estimate of drug-likeness (QED) is 0.569. The second-order valence-electron chi connectivity index (χ2n) is 7.29. The molecule has 1 N–H and O–H groups in total. The Kier molecular flexibility index (Phi) is 4.31. The molecule has 5 rings (SSSR count). The van der Waals surface area contributed by atoms with Gasteiger partial charge in [0.15, 0.2) is 5.65 Å². The Balaban J connectivity index is 1.60. The molecule has 150 valence electrons. The van der Waals surface area contributed by atoms with E-state index in [0.29, 0.717) is 24.1 Å². The number of rotatable bonds is 3. The standard InChI is InChI=1S/C22H19N5O3/c28-21-26(17-5-3-15(4-6-17)16-7-11-23-12-8-16)19-2-1-10-24-20(19)27(21)18-9-13-25(14-18)22(29)30/h1-8,10-12,18H,9,13-14H2,(H,29,30). The highest BCUT2D eigenvalue weighted by Crippen LogP contribution is 2.26. The van der Waals surface area contributed by atoms with Crippen molar-refractivity contribution in [3.63, 3.8) is 0 Å². The molecule has 1 aromatic carbocycles. The molecule has 0 bridgehead atoms. The van der Waals surface area contributed by atoms with Gasteiger partial charge in [0, 0.05) is 31.7 Å². The molecule has 1 aliphatic heterocycles. The number of carbonyl (C=O) groups is 1. The van der Waals surface area contributed by atoms with Crippen LogP contribution in [0.15, 0.2) is 71.9 Å². The summed E-state index contributed by atoms with van der Waals surface area (Å²) >= 11 is 0. The summed E-state index contributed by atoms with van der Waals surface area (Å²) in [6.07, 6.45) is 4.76. The first-order valence-corrected chi connectivity index (χ1v) is 9.70. The fourth-order valence-electron chi connectivity index (χ4n) is 4.10. The molecule has 3 aromatic heterocycles. The molecule has 1 unspecified atom stereocenters. The number of fused-ring (bicyclic) bond motifs is 1. The molecule has 30 heavy (non-hydrogen) atoms. The fourth-order valence-corrected chi connectivity index (χ4v) is 4.10. The smallest absolute Gasteiger partial charge is 0.407 e. The molecule has 8 heteroatoms. The summed E-state index contributed by atoms with van der Waals surface area (Å²) in [5.41, 5.74) is 3.88. The second kappa shape index (κ2) is 7.14. The van der Waals surface area contributed by atoms with Crippen LogP contribution in [0.1, 0.15) is 12.5 Å². The van der Waals surface area contributed by atoms with Gasteiger partial charge in [-0.3, -0.25) is 14.1 Å². The number of amides is 1. The molecule has 4 heterocycles. The van der Waals surface area contributed by atoms with Gasteiger partial charge in [0.2, 0.25) is 0 Å². The van der Waals surface area contributed by atoms with E-state index in [-0.39, 0.29) is 18.3 Å². The minimum Gasteiger partial charge on any atom is -0.465 e. The van der Waals surface area contributed by atoms with E-state index >= 15 is 0 Å². The average molecular weight is 401 g/mol. The molecule has 0 spiro atoms. The van der Waals surface area contributed by atoms with Crippen LogP contribution >= 0.6 is 0 Å². The van der Waals surface area contributed by atoms with E-state index in [2.05, 4.69) is 9.97 Å². The molecule has 4 aromatic rings. The summed E-state index contributed by atoms with van der Waals surface area (Å²) in [5, 5.41) is 9.28. The van der Waals surface area contributed by atoms with Crippen LogP contribution in [0.3, 0.4) is 0 Å². The minimum atomic E-state index is -0.964. The van der Waals surface area contributed by atoms with E-state index in [1.807, 2.05) is 42.5 Å². The first kappa shape index (κ1) is 18.1. The summed E-state index contributed by atoms with van der Waals surface area (Å²) < 4.78 is 3.27. The number of aromatic nitrogens is 4. The van der Waals surface area contributed by atoms with Crippen LogP contribution in [0.5, 0.6) is 0 Å². The molecule has 0 saturated carbocycles. The van der Waals surface area contributed by atoms with Crippen molar-refractivity contribution in [2.75, 3.05) is 13.1 Å². The van der Waals surface area contributed by atoms with Crippen molar-refractivity contribution in [2.24, 2.45) is 0 Å². The van der Waals surface area contributed by atoms with Crippen LogP contribution in [0.25, 0.3) is 28.0 Å². The average Bonchev–Trinajstić information content (AvgIpc) is 3.37. The summed E-state index contributed by atoms with van der Waals surface area (Å²) in [4.78, 5) is 34.6. The Morgan fingerprint density at radius 3 is 2.43 bits per heavy atom. The van der Waals surface area contributed by atoms with Gasteiger partial charge in [0.25, 0.3) is 0 Å². The summed E-state index contributed by atoms with van der Waals surface area (Å²) in [5.74, 6) is 0. The molecular formula is C22H19N5O3. The molecule has 1 saturated heterocycles. The Hall–Kier alpha value is -3.94. The van der Waals surface area contributed by atoms with Crippen LogP contribution in [-0.4, -0.2) is 48.3 Å². The number of hydrogen-bond donors (Lipinski definition) is 1. The summed E-state index contributed by atoms with van der Waals surface area (Å²) in [6, 6.07) is 15.1. The highest BCUT2D eigenvalue weighted by Gasteiger charge is 2.31. The van der Waals surface area contributed by atoms with Gasteiger partial charge in [-0.2, -0.15) is 0 Å². The van der Waals surface area contributed by atoms with Crippen molar-refractivity contribution < 1.29 is 9.90 Å². The number of nitrogens with zero attached hydrogens (tertiary/aromatic N) is 5. The first-order valence-electron chi connectivity index (χ1n) is 9.70. The molecule has 1 fully saturated rings. The van der Waals surface area contributed by atoms with E-state index < -0.39 is 6.09 Å². The summed E-state index contributed by atoms with van der Waals surface area (Å²) in [6.45, 7) is 0.693. The van der Waals surface area contributed by atoms with Crippen LogP contribution in [0.2, 0.25) is 0 Å². The highest BCUT2D eigenvalue weighted by molar-refractivity contribution is 5.75. The minimum absolute atomic E-state index is 0.211.